The number of halogens is 1. The zero-order valence-corrected chi connectivity index (χ0v) is 6.26. The van der Waals surface area contributed by atoms with Crippen molar-refractivity contribution in [3.8, 4) is 0 Å². The lowest BCUT2D eigenvalue weighted by atomic mass is 10.3. The molecule has 2 N–H and O–H groups in total. The number of nitrogens with two attached hydrogens (primary N) is 1. The highest BCUT2D eigenvalue weighted by Gasteiger charge is 1.85. The van der Waals surface area contributed by atoms with E-state index < -0.39 is 0 Å². The minimum absolute atomic E-state index is 0.276. The van der Waals surface area contributed by atoms with Gasteiger partial charge in [0.15, 0.2) is 0 Å². The molecule has 0 amide bonds. The monoisotopic (exact) mass is 141 g/mol. The zero-order chi connectivity index (χ0) is 7.98. The fourth-order valence-corrected chi connectivity index (χ4v) is 0.473. The second kappa shape index (κ2) is 4.79. The first-order valence-electron chi connectivity index (χ1n) is 3.09. The summed E-state index contributed by atoms with van der Waals surface area (Å²) in [6.45, 7) is 3.50. The van der Waals surface area contributed by atoms with E-state index in [9.17, 15) is 4.39 Å². The van der Waals surface area contributed by atoms with Gasteiger partial charge in [0.2, 0.25) is 0 Å². The molecule has 0 aromatic rings. The molecule has 0 aliphatic heterocycles. The second-order valence-electron chi connectivity index (χ2n) is 1.94. The van der Waals surface area contributed by atoms with E-state index in [0.29, 0.717) is 0 Å². The van der Waals surface area contributed by atoms with E-state index in [1.165, 1.54) is 18.4 Å². The van der Waals surface area contributed by atoms with Crippen molar-refractivity contribution in [3.63, 3.8) is 0 Å². The van der Waals surface area contributed by atoms with Crippen molar-refractivity contribution >= 4 is 0 Å². The Labute approximate surface area is 60.7 Å². The molecule has 0 aromatic carbocycles. The Balaban J connectivity index is 4.16. The minimum atomic E-state index is -0.276. The molecular weight excluding hydrogens is 129 g/mol. The standard InChI is InChI=1S/C8H12FN/c1-3-4-8(9)5-7(2)6-10/h3-6H,10H2,1-2H3/b4-3-,7-6+,8-5+. The summed E-state index contributed by atoms with van der Waals surface area (Å²) in [5, 5.41) is 0. The lowest BCUT2D eigenvalue weighted by molar-refractivity contribution is 0.665. The molecule has 10 heavy (non-hydrogen) atoms. The van der Waals surface area contributed by atoms with E-state index in [2.05, 4.69) is 0 Å². The molecule has 0 unspecified atom stereocenters. The molecule has 0 aromatic heterocycles. The van der Waals surface area contributed by atoms with Crippen LogP contribution in [0.15, 0.2) is 35.8 Å². The number of rotatable bonds is 2. The predicted molar refractivity (Wildman–Crippen MR) is 41.9 cm³/mol. The highest BCUT2D eigenvalue weighted by molar-refractivity contribution is 5.23. The van der Waals surface area contributed by atoms with Crippen LogP contribution < -0.4 is 5.73 Å². The largest absolute Gasteiger partial charge is 0.404 e. The van der Waals surface area contributed by atoms with Gasteiger partial charge in [-0.3, -0.25) is 0 Å². The van der Waals surface area contributed by atoms with Gasteiger partial charge in [-0.05, 0) is 37.8 Å². The molecule has 0 saturated carbocycles. The van der Waals surface area contributed by atoms with Crippen LogP contribution in [0.5, 0.6) is 0 Å². The van der Waals surface area contributed by atoms with Crippen molar-refractivity contribution < 1.29 is 4.39 Å². The molecule has 2 heteroatoms. The van der Waals surface area contributed by atoms with Crippen molar-refractivity contribution in [3.05, 3.63) is 35.8 Å². The van der Waals surface area contributed by atoms with Crippen molar-refractivity contribution in [2.24, 2.45) is 5.73 Å². The molecule has 0 atom stereocenters. The SMILES string of the molecule is C\C=C/C(F)=C\C(C)=C\N. The molecule has 1 nitrogen and oxygen atoms in total. The maximum atomic E-state index is 12.5. The average molecular weight is 141 g/mol. The Hall–Kier alpha value is -1.05. The number of hydrogen-bond acceptors (Lipinski definition) is 1. The summed E-state index contributed by atoms with van der Waals surface area (Å²) in [6, 6.07) is 0. The third-order valence-corrected chi connectivity index (χ3v) is 0.954. The summed E-state index contributed by atoms with van der Waals surface area (Å²) in [5.74, 6) is -0.276. The number of allylic oxidation sites excluding steroid dienone is 5. The summed E-state index contributed by atoms with van der Waals surface area (Å²) in [7, 11) is 0. The van der Waals surface area contributed by atoms with E-state index in [0.717, 1.165) is 5.57 Å². The van der Waals surface area contributed by atoms with Crippen LogP contribution in [0.4, 0.5) is 4.39 Å². The van der Waals surface area contributed by atoms with Gasteiger partial charge in [-0.2, -0.15) is 0 Å². The quantitative estimate of drug-likeness (QED) is 0.586. The van der Waals surface area contributed by atoms with E-state index in [-0.39, 0.29) is 5.83 Å². The lowest BCUT2D eigenvalue weighted by Crippen LogP contribution is -1.80. The molecule has 0 saturated heterocycles. The third kappa shape index (κ3) is 3.89. The molecular formula is C8H12FN. The molecule has 56 valence electrons. The van der Waals surface area contributed by atoms with Crippen LogP contribution in [0.25, 0.3) is 0 Å². The van der Waals surface area contributed by atoms with Gasteiger partial charge in [0.25, 0.3) is 0 Å². The second-order valence-corrected chi connectivity index (χ2v) is 1.94. The van der Waals surface area contributed by atoms with E-state index in [4.69, 9.17) is 5.73 Å². The maximum absolute atomic E-state index is 12.5. The Morgan fingerprint density at radius 3 is 2.50 bits per heavy atom. The van der Waals surface area contributed by atoms with Crippen LogP contribution >= 0.6 is 0 Å². The van der Waals surface area contributed by atoms with Gasteiger partial charge in [-0.15, -0.1) is 0 Å². The summed E-state index contributed by atoms with van der Waals surface area (Å²) in [4.78, 5) is 0. The summed E-state index contributed by atoms with van der Waals surface area (Å²) in [6.07, 6.45) is 5.76. The first-order chi connectivity index (χ1) is 4.70. The molecule has 0 aliphatic rings. The zero-order valence-electron chi connectivity index (χ0n) is 6.26. The Morgan fingerprint density at radius 1 is 1.50 bits per heavy atom. The fraction of sp³-hybridized carbons (Fsp3) is 0.250. The minimum Gasteiger partial charge on any atom is -0.404 e. The summed E-state index contributed by atoms with van der Waals surface area (Å²) >= 11 is 0. The molecule has 0 spiro atoms. The van der Waals surface area contributed by atoms with Crippen LogP contribution in [0.3, 0.4) is 0 Å². The normalized spacial score (nSPS) is 14.7. The molecule has 0 radical (unpaired) electrons. The average Bonchev–Trinajstić information content (AvgIpc) is 1.88. The van der Waals surface area contributed by atoms with Crippen molar-refractivity contribution in [2.75, 3.05) is 0 Å². The van der Waals surface area contributed by atoms with E-state index in [1.807, 2.05) is 0 Å². The van der Waals surface area contributed by atoms with Crippen LogP contribution in [0.1, 0.15) is 13.8 Å². The van der Waals surface area contributed by atoms with Crippen molar-refractivity contribution in [1.29, 1.82) is 0 Å². The van der Waals surface area contributed by atoms with E-state index in [1.54, 1.807) is 19.9 Å². The Morgan fingerprint density at radius 2 is 2.10 bits per heavy atom. The van der Waals surface area contributed by atoms with Gasteiger partial charge >= 0.3 is 0 Å². The summed E-state index contributed by atoms with van der Waals surface area (Å²) in [5.41, 5.74) is 5.84. The predicted octanol–water partition coefficient (Wildman–Crippen LogP) is 2.28. The fourth-order valence-electron chi connectivity index (χ4n) is 0.473. The first-order valence-corrected chi connectivity index (χ1v) is 3.09. The highest BCUT2D eigenvalue weighted by atomic mass is 19.1. The molecule has 0 bridgehead atoms. The molecule has 0 rings (SSSR count). The maximum Gasteiger partial charge on any atom is 0.123 e. The Bertz CT molecular complexity index is 178. The summed E-state index contributed by atoms with van der Waals surface area (Å²) < 4.78 is 12.5. The van der Waals surface area contributed by atoms with Gasteiger partial charge < -0.3 is 5.73 Å². The van der Waals surface area contributed by atoms with Crippen molar-refractivity contribution in [2.45, 2.75) is 13.8 Å². The smallest absolute Gasteiger partial charge is 0.123 e. The molecule has 0 aliphatic carbocycles. The van der Waals surface area contributed by atoms with E-state index >= 15 is 0 Å². The highest BCUT2D eigenvalue weighted by Crippen LogP contribution is 2.03. The Kier molecular flexibility index (Phi) is 4.29. The molecule has 0 fully saturated rings. The lowest BCUT2D eigenvalue weighted by Gasteiger charge is -1.87. The topological polar surface area (TPSA) is 26.0 Å². The van der Waals surface area contributed by atoms with Gasteiger partial charge in [0.05, 0.1) is 0 Å². The van der Waals surface area contributed by atoms with Gasteiger partial charge in [-0.25, -0.2) is 4.39 Å². The first kappa shape index (κ1) is 8.95. The van der Waals surface area contributed by atoms with Crippen LogP contribution in [-0.4, -0.2) is 0 Å². The van der Waals surface area contributed by atoms with Crippen LogP contribution in [0, 0.1) is 0 Å². The molecule has 0 heterocycles. The number of hydrogen-bond donors (Lipinski definition) is 1. The van der Waals surface area contributed by atoms with Gasteiger partial charge in [0.1, 0.15) is 5.83 Å². The van der Waals surface area contributed by atoms with Crippen molar-refractivity contribution in [1.82, 2.24) is 0 Å². The van der Waals surface area contributed by atoms with Crippen LogP contribution in [-0.2, 0) is 0 Å². The third-order valence-electron chi connectivity index (χ3n) is 0.954. The van der Waals surface area contributed by atoms with Crippen LogP contribution in [0.2, 0.25) is 0 Å². The van der Waals surface area contributed by atoms with Gasteiger partial charge in [-0.1, -0.05) is 6.08 Å². The van der Waals surface area contributed by atoms with Gasteiger partial charge in [0, 0.05) is 0 Å².